The fourth-order valence-corrected chi connectivity index (χ4v) is 4.81. The number of rotatable bonds is 4. The van der Waals surface area contributed by atoms with Crippen LogP contribution in [0.2, 0.25) is 0 Å². The lowest BCUT2D eigenvalue weighted by Crippen LogP contribution is -2.52. The molecular weight excluding hydrogens is 470 g/mol. The van der Waals surface area contributed by atoms with E-state index in [4.69, 9.17) is 8.94 Å². The number of benzene rings is 2. The van der Waals surface area contributed by atoms with E-state index in [9.17, 15) is 18.0 Å². The number of fused-ring (bicyclic) bond motifs is 1. The van der Waals surface area contributed by atoms with Gasteiger partial charge in [-0.25, -0.2) is 8.42 Å². The van der Waals surface area contributed by atoms with Crippen molar-refractivity contribution in [2.24, 2.45) is 0 Å². The zero-order valence-electron chi connectivity index (χ0n) is 18.9. The topological polar surface area (TPSA) is 114 Å². The molecule has 0 spiro atoms. The van der Waals surface area contributed by atoms with Crippen LogP contribution in [-0.2, 0) is 9.84 Å². The van der Waals surface area contributed by atoms with Crippen LogP contribution < -0.4 is 9.80 Å². The summed E-state index contributed by atoms with van der Waals surface area (Å²) < 4.78 is 34.1. The molecule has 4 aromatic rings. The maximum Gasteiger partial charge on any atom is 0.297 e. The number of furan rings is 1. The second-order valence-electron chi connectivity index (χ2n) is 8.29. The molecule has 3 heterocycles. The zero-order chi connectivity index (χ0) is 24.7. The molecule has 9 nitrogen and oxygen atoms in total. The first-order valence-electron chi connectivity index (χ1n) is 10.8. The smallest absolute Gasteiger partial charge is 0.297 e. The lowest BCUT2D eigenvalue weighted by atomic mass is 10.00. The highest BCUT2D eigenvalue weighted by Gasteiger charge is 2.37. The Morgan fingerprint density at radius 1 is 0.943 bits per heavy atom. The normalized spacial score (nSPS) is 15.7. The summed E-state index contributed by atoms with van der Waals surface area (Å²) in [6, 6.07) is 16.2. The van der Waals surface area contributed by atoms with Crippen LogP contribution in [0.3, 0.4) is 0 Å². The van der Waals surface area contributed by atoms with Gasteiger partial charge in [0.1, 0.15) is 0 Å². The van der Waals surface area contributed by atoms with E-state index in [0.717, 1.165) is 17.4 Å². The Balaban J connectivity index is 1.61. The molecule has 0 bridgehead atoms. The van der Waals surface area contributed by atoms with Crippen LogP contribution in [0.25, 0.3) is 11.1 Å². The molecule has 1 aliphatic rings. The van der Waals surface area contributed by atoms with Gasteiger partial charge >= 0.3 is 0 Å². The van der Waals surface area contributed by atoms with Crippen molar-refractivity contribution >= 4 is 33.0 Å². The molecule has 178 valence electrons. The molecule has 1 aliphatic heterocycles. The van der Waals surface area contributed by atoms with Gasteiger partial charge in [0.25, 0.3) is 11.8 Å². The second-order valence-corrected chi connectivity index (χ2v) is 10.3. The highest BCUT2D eigenvalue weighted by molar-refractivity contribution is 7.90. The van der Waals surface area contributed by atoms with Crippen LogP contribution in [-0.4, -0.2) is 44.2 Å². The van der Waals surface area contributed by atoms with Gasteiger partial charge in [-0.2, -0.15) is 0 Å². The summed E-state index contributed by atoms with van der Waals surface area (Å²) in [7, 11) is -3.33. The van der Waals surface area contributed by atoms with Gasteiger partial charge in [0.2, 0.25) is 5.76 Å². The maximum atomic E-state index is 13.3. The Kier molecular flexibility index (Phi) is 5.52. The molecule has 0 saturated carbocycles. The zero-order valence-corrected chi connectivity index (χ0v) is 19.7. The van der Waals surface area contributed by atoms with Gasteiger partial charge < -0.3 is 13.8 Å². The number of carbonyl (C=O) groups excluding carboxylic acids is 2. The van der Waals surface area contributed by atoms with Crippen molar-refractivity contribution < 1.29 is 26.9 Å². The average Bonchev–Trinajstić information content (AvgIpc) is 3.57. The molecule has 2 aromatic carbocycles. The Morgan fingerprint density at radius 3 is 2.31 bits per heavy atom. The van der Waals surface area contributed by atoms with Gasteiger partial charge in [0.15, 0.2) is 15.6 Å². The van der Waals surface area contributed by atoms with Crippen molar-refractivity contribution in [3.05, 3.63) is 84.6 Å². The van der Waals surface area contributed by atoms with E-state index in [1.165, 1.54) is 30.7 Å². The van der Waals surface area contributed by atoms with Crippen LogP contribution in [0.5, 0.6) is 0 Å². The summed E-state index contributed by atoms with van der Waals surface area (Å²) in [6.07, 6.45) is 3.99. The predicted molar refractivity (Wildman–Crippen MR) is 128 cm³/mol. The van der Waals surface area contributed by atoms with E-state index in [1.54, 1.807) is 46.2 Å². The predicted octanol–water partition coefficient (Wildman–Crippen LogP) is 4.03. The quantitative estimate of drug-likeness (QED) is 0.423. The van der Waals surface area contributed by atoms with E-state index < -0.39 is 9.84 Å². The minimum absolute atomic E-state index is 0.0917. The molecule has 0 saturated heterocycles. The summed E-state index contributed by atoms with van der Waals surface area (Å²) >= 11 is 0. The molecule has 35 heavy (non-hydrogen) atoms. The summed E-state index contributed by atoms with van der Waals surface area (Å²) in [5.74, 6) is -0.429. The first-order valence-corrected chi connectivity index (χ1v) is 12.7. The standard InChI is InChI=1S/C25H21N3O6S/c1-16-15-27(24(29)22-4-3-13-33-22)21-14-18(17-5-8-19(9-6-17)35(2,31)32)7-10-20(21)28(16)25(30)23-11-12-26-34-23/h3-14,16H,15H2,1-2H3/t16-/m0/s1. The lowest BCUT2D eigenvalue weighted by Gasteiger charge is -2.40. The third-order valence-electron chi connectivity index (χ3n) is 5.87. The summed E-state index contributed by atoms with van der Waals surface area (Å²) in [5, 5.41) is 3.63. The van der Waals surface area contributed by atoms with Crippen molar-refractivity contribution in [3.63, 3.8) is 0 Å². The fraction of sp³-hybridized carbons (Fsp3) is 0.160. The summed E-state index contributed by atoms with van der Waals surface area (Å²) in [6.45, 7) is 2.07. The Labute approximate surface area is 201 Å². The third kappa shape index (κ3) is 4.12. The van der Waals surface area contributed by atoms with Crippen LogP contribution in [0.15, 0.2) is 87.0 Å². The van der Waals surface area contributed by atoms with Crippen LogP contribution in [0.4, 0.5) is 11.4 Å². The monoisotopic (exact) mass is 491 g/mol. The largest absolute Gasteiger partial charge is 0.459 e. The van der Waals surface area contributed by atoms with Gasteiger partial charge in [0, 0.05) is 18.9 Å². The Hall–Kier alpha value is -4.18. The number of hydrogen-bond acceptors (Lipinski definition) is 7. The van der Waals surface area contributed by atoms with Gasteiger partial charge in [-0.05, 0) is 54.4 Å². The van der Waals surface area contributed by atoms with Gasteiger partial charge in [-0.1, -0.05) is 23.4 Å². The molecule has 0 radical (unpaired) electrons. The first kappa shape index (κ1) is 22.6. The number of amides is 2. The van der Waals surface area contributed by atoms with Crippen LogP contribution >= 0.6 is 0 Å². The Bertz CT molecular complexity index is 1490. The SMILES string of the molecule is C[C@H]1CN(C(=O)c2ccco2)c2cc(-c3ccc(S(C)(=O)=O)cc3)ccc2N1C(=O)c1ccno1. The highest BCUT2D eigenvalue weighted by Crippen LogP contribution is 2.40. The van der Waals surface area contributed by atoms with Gasteiger partial charge in [0.05, 0.1) is 34.8 Å². The van der Waals surface area contributed by atoms with Crippen molar-refractivity contribution in [1.29, 1.82) is 0 Å². The number of sulfone groups is 1. The average molecular weight is 492 g/mol. The van der Waals surface area contributed by atoms with Crippen LogP contribution in [0, 0.1) is 0 Å². The summed E-state index contributed by atoms with van der Waals surface area (Å²) in [5.41, 5.74) is 2.56. The van der Waals surface area contributed by atoms with Crippen molar-refractivity contribution in [2.45, 2.75) is 17.9 Å². The first-order chi connectivity index (χ1) is 16.7. The molecule has 0 N–H and O–H groups in total. The fourth-order valence-electron chi connectivity index (χ4n) is 4.18. The Morgan fingerprint density at radius 2 is 1.69 bits per heavy atom. The highest BCUT2D eigenvalue weighted by atomic mass is 32.2. The third-order valence-corrected chi connectivity index (χ3v) is 7.00. The minimum atomic E-state index is -3.33. The van der Waals surface area contributed by atoms with Crippen molar-refractivity contribution in [3.8, 4) is 11.1 Å². The number of aromatic nitrogens is 1. The summed E-state index contributed by atoms with van der Waals surface area (Å²) in [4.78, 5) is 29.9. The van der Waals surface area contributed by atoms with Gasteiger partial charge in [-0.3, -0.25) is 14.5 Å². The van der Waals surface area contributed by atoms with E-state index in [2.05, 4.69) is 5.16 Å². The van der Waals surface area contributed by atoms with E-state index in [1.807, 2.05) is 13.0 Å². The number of anilines is 2. The maximum absolute atomic E-state index is 13.3. The number of hydrogen-bond donors (Lipinski definition) is 0. The van der Waals surface area contributed by atoms with E-state index >= 15 is 0 Å². The molecule has 2 amide bonds. The molecule has 0 aliphatic carbocycles. The molecule has 0 unspecified atom stereocenters. The van der Waals surface area contributed by atoms with E-state index in [-0.39, 0.29) is 40.8 Å². The van der Waals surface area contributed by atoms with Crippen LogP contribution in [0.1, 0.15) is 28.0 Å². The second kappa shape index (κ2) is 8.55. The number of carbonyl (C=O) groups is 2. The lowest BCUT2D eigenvalue weighted by molar-refractivity contribution is 0.0921. The molecule has 1 atom stereocenters. The molecule has 5 rings (SSSR count). The minimum Gasteiger partial charge on any atom is -0.459 e. The molecular formula is C25H21N3O6S. The van der Waals surface area contributed by atoms with Gasteiger partial charge in [-0.15, -0.1) is 0 Å². The van der Waals surface area contributed by atoms with Crippen molar-refractivity contribution in [1.82, 2.24) is 5.16 Å². The molecule has 10 heteroatoms. The van der Waals surface area contributed by atoms with E-state index in [0.29, 0.717) is 11.4 Å². The van der Waals surface area contributed by atoms with Crippen molar-refractivity contribution in [2.75, 3.05) is 22.6 Å². The number of nitrogens with zero attached hydrogens (tertiary/aromatic N) is 3. The molecule has 2 aromatic heterocycles. The molecule has 0 fully saturated rings.